The van der Waals surface area contributed by atoms with Gasteiger partial charge in [0.15, 0.2) is 0 Å². The lowest BCUT2D eigenvalue weighted by Gasteiger charge is -2.57. The van der Waals surface area contributed by atoms with Crippen LogP contribution >= 0.6 is 0 Å². The van der Waals surface area contributed by atoms with E-state index >= 15 is 0 Å². The minimum atomic E-state index is -0.290. The fraction of sp³-hybridized carbons (Fsp3) is 0.625. The Hall–Kier alpha value is -2.24. The van der Waals surface area contributed by atoms with Crippen molar-refractivity contribution in [1.29, 1.82) is 0 Å². The minimum Gasteiger partial charge on any atom is -0.337 e. The second kappa shape index (κ2) is 6.89. The Bertz CT molecular complexity index is 918. The number of carbonyl (C=O) groups excluding carboxylic acids is 1. The van der Waals surface area contributed by atoms with Gasteiger partial charge in [-0.05, 0) is 99.8 Å². The van der Waals surface area contributed by atoms with Gasteiger partial charge in [0.25, 0.3) is 0 Å². The smallest absolute Gasteiger partial charge is 0.249 e. The van der Waals surface area contributed by atoms with Crippen LogP contribution in [-0.2, 0) is 4.79 Å². The molecule has 0 N–H and O–H groups in total. The van der Waals surface area contributed by atoms with Crippen molar-refractivity contribution in [3.05, 3.63) is 36.0 Å². The number of likely N-dealkylation sites (tertiary alicyclic amines) is 1. The summed E-state index contributed by atoms with van der Waals surface area (Å²) in [5, 5.41) is 4.13. The summed E-state index contributed by atoms with van der Waals surface area (Å²) in [6.07, 6.45) is 10.2. The monoisotopic (exact) mass is 409 g/mol. The molecular weight excluding hydrogens is 381 g/mol. The Morgan fingerprint density at radius 1 is 1.03 bits per heavy atom. The van der Waals surface area contributed by atoms with Gasteiger partial charge >= 0.3 is 0 Å². The number of nitrogens with zero attached hydrogens (tertiary/aromatic N) is 3. The van der Waals surface area contributed by atoms with Gasteiger partial charge < -0.3 is 9.42 Å². The van der Waals surface area contributed by atoms with Crippen molar-refractivity contribution in [3.8, 4) is 11.4 Å². The molecule has 1 saturated heterocycles. The molecule has 5 aliphatic rings. The molecule has 5 nitrogen and oxygen atoms in total. The van der Waals surface area contributed by atoms with Crippen LogP contribution in [0.4, 0.5) is 4.39 Å². The van der Waals surface area contributed by atoms with Crippen molar-refractivity contribution in [3.63, 3.8) is 0 Å². The number of carbonyl (C=O) groups is 1. The molecule has 1 aromatic carbocycles. The van der Waals surface area contributed by atoms with E-state index in [2.05, 4.69) is 15.0 Å². The first-order valence-corrected chi connectivity index (χ1v) is 11.5. The molecule has 0 spiro atoms. The molecule has 2 heterocycles. The van der Waals surface area contributed by atoms with Crippen LogP contribution in [0.15, 0.2) is 28.8 Å². The molecular formula is C24H28FN3O2. The molecule has 4 saturated carbocycles. The van der Waals surface area contributed by atoms with Crippen LogP contribution < -0.4 is 0 Å². The maximum atomic E-state index is 13.9. The van der Waals surface area contributed by atoms with Crippen LogP contribution in [0.25, 0.3) is 11.4 Å². The standard InChI is InChI=1S/C24H28FN3O2/c25-19-6-4-18(5-7-19)21-26-22(30-27-21)20-3-1-2-8-28(20)23(29)24-12-15-9-16(13-24)11-17(10-15)14-24/h4-7,15-17,20H,1-3,8-14H2/t15?,16?,17?,20-,24?/m0/s1. The summed E-state index contributed by atoms with van der Waals surface area (Å²) in [6.45, 7) is 0.777. The first-order valence-electron chi connectivity index (χ1n) is 11.5. The molecule has 158 valence electrons. The highest BCUT2D eigenvalue weighted by molar-refractivity contribution is 5.83. The molecule has 7 rings (SSSR count). The summed E-state index contributed by atoms with van der Waals surface area (Å²) in [7, 11) is 0. The second-order valence-electron chi connectivity index (χ2n) is 10.2. The number of halogens is 1. The van der Waals surface area contributed by atoms with E-state index in [0.29, 0.717) is 17.6 Å². The third-order valence-corrected chi connectivity index (χ3v) is 8.08. The van der Waals surface area contributed by atoms with Crippen LogP contribution in [-0.4, -0.2) is 27.5 Å². The van der Waals surface area contributed by atoms with Gasteiger partial charge in [0, 0.05) is 12.1 Å². The zero-order chi connectivity index (χ0) is 20.3. The van der Waals surface area contributed by atoms with Crippen molar-refractivity contribution in [2.75, 3.05) is 6.54 Å². The third kappa shape index (κ3) is 2.98. The van der Waals surface area contributed by atoms with E-state index in [9.17, 15) is 9.18 Å². The number of amides is 1. The van der Waals surface area contributed by atoms with E-state index in [1.807, 2.05) is 0 Å². The zero-order valence-electron chi connectivity index (χ0n) is 17.2. The molecule has 2 aromatic rings. The Balaban J connectivity index is 1.28. The molecule has 1 atom stereocenters. The fourth-order valence-electron chi connectivity index (χ4n) is 7.20. The largest absolute Gasteiger partial charge is 0.337 e. The highest BCUT2D eigenvalue weighted by Crippen LogP contribution is 2.61. The zero-order valence-corrected chi connectivity index (χ0v) is 17.2. The van der Waals surface area contributed by atoms with Gasteiger partial charge in [0.2, 0.25) is 17.6 Å². The average Bonchev–Trinajstić information content (AvgIpc) is 3.23. The number of hydrogen-bond acceptors (Lipinski definition) is 4. The Morgan fingerprint density at radius 3 is 2.37 bits per heavy atom. The Labute approximate surface area is 176 Å². The summed E-state index contributed by atoms with van der Waals surface area (Å²) in [4.78, 5) is 20.6. The van der Waals surface area contributed by atoms with Gasteiger partial charge in [0.05, 0.1) is 5.41 Å². The lowest BCUT2D eigenvalue weighted by Crippen LogP contribution is -2.55. The van der Waals surface area contributed by atoms with Crippen molar-refractivity contribution in [2.24, 2.45) is 23.2 Å². The topological polar surface area (TPSA) is 59.2 Å². The van der Waals surface area contributed by atoms with Crippen LogP contribution in [0, 0.1) is 29.0 Å². The molecule has 4 aliphatic carbocycles. The first kappa shape index (κ1) is 18.5. The lowest BCUT2D eigenvalue weighted by molar-refractivity contribution is -0.162. The van der Waals surface area contributed by atoms with Gasteiger partial charge in [-0.15, -0.1) is 0 Å². The average molecular weight is 410 g/mol. The first-order chi connectivity index (χ1) is 14.6. The van der Waals surface area contributed by atoms with Gasteiger partial charge in [0.1, 0.15) is 11.9 Å². The molecule has 0 unspecified atom stereocenters. The van der Waals surface area contributed by atoms with Crippen molar-refractivity contribution >= 4 is 5.91 Å². The SMILES string of the molecule is O=C(N1CCCC[C@H]1c1nc(-c2ccc(F)cc2)no1)C12CC3CC(CC(C3)C1)C2. The summed E-state index contributed by atoms with van der Waals surface area (Å²) in [5.74, 6) is 3.27. The van der Waals surface area contributed by atoms with Crippen molar-refractivity contribution in [1.82, 2.24) is 15.0 Å². The van der Waals surface area contributed by atoms with E-state index in [1.165, 1.54) is 31.4 Å². The van der Waals surface area contributed by atoms with Gasteiger partial charge in [-0.1, -0.05) is 5.16 Å². The molecule has 0 radical (unpaired) electrons. The lowest BCUT2D eigenvalue weighted by atomic mass is 9.49. The van der Waals surface area contributed by atoms with E-state index in [-0.39, 0.29) is 17.3 Å². The summed E-state index contributed by atoms with van der Waals surface area (Å²) >= 11 is 0. The minimum absolute atomic E-state index is 0.138. The summed E-state index contributed by atoms with van der Waals surface area (Å²) < 4.78 is 18.9. The summed E-state index contributed by atoms with van der Waals surface area (Å²) in [5.41, 5.74) is 0.575. The molecule has 5 fully saturated rings. The predicted octanol–water partition coefficient (Wildman–Crippen LogP) is 5.15. The predicted molar refractivity (Wildman–Crippen MR) is 109 cm³/mol. The quantitative estimate of drug-likeness (QED) is 0.704. The maximum Gasteiger partial charge on any atom is 0.249 e. The highest BCUT2D eigenvalue weighted by Gasteiger charge is 2.56. The van der Waals surface area contributed by atoms with Crippen LogP contribution in [0.3, 0.4) is 0 Å². The third-order valence-electron chi connectivity index (χ3n) is 8.08. The van der Waals surface area contributed by atoms with Crippen molar-refractivity contribution < 1.29 is 13.7 Å². The second-order valence-corrected chi connectivity index (χ2v) is 10.2. The normalized spacial score (nSPS) is 35.0. The number of rotatable bonds is 3. The van der Waals surface area contributed by atoms with Gasteiger partial charge in [-0.2, -0.15) is 4.98 Å². The van der Waals surface area contributed by atoms with Crippen molar-refractivity contribution in [2.45, 2.75) is 63.8 Å². The van der Waals surface area contributed by atoms with E-state index in [1.54, 1.807) is 12.1 Å². The molecule has 4 bridgehead atoms. The molecule has 1 aromatic heterocycles. The van der Waals surface area contributed by atoms with E-state index < -0.39 is 0 Å². The molecule has 30 heavy (non-hydrogen) atoms. The number of hydrogen-bond donors (Lipinski definition) is 0. The fourth-order valence-corrected chi connectivity index (χ4v) is 7.20. The van der Waals surface area contributed by atoms with E-state index in [0.717, 1.165) is 68.4 Å². The molecule has 1 aliphatic heterocycles. The van der Waals surface area contributed by atoms with Gasteiger partial charge in [-0.25, -0.2) is 4.39 Å². The number of aromatic nitrogens is 2. The van der Waals surface area contributed by atoms with Crippen LogP contribution in [0.1, 0.15) is 69.7 Å². The Morgan fingerprint density at radius 2 is 1.70 bits per heavy atom. The van der Waals surface area contributed by atoms with Gasteiger partial charge in [-0.3, -0.25) is 4.79 Å². The number of piperidine rings is 1. The van der Waals surface area contributed by atoms with E-state index in [4.69, 9.17) is 4.52 Å². The Kier molecular flexibility index (Phi) is 4.26. The highest BCUT2D eigenvalue weighted by atomic mass is 19.1. The van der Waals surface area contributed by atoms with Crippen LogP contribution in [0.5, 0.6) is 0 Å². The van der Waals surface area contributed by atoms with Crippen LogP contribution in [0.2, 0.25) is 0 Å². The molecule has 1 amide bonds. The maximum absolute atomic E-state index is 13.9. The number of benzene rings is 1. The molecule has 6 heteroatoms. The summed E-state index contributed by atoms with van der Waals surface area (Å²) in [6, 6.07) is 5.97.